The third-order valence-corrected chi connectivity index (χ3v) is 4.72. The Hall–Kier alpha value is -1.41. The third-order valence-electron chi connectivity index (χ3n) is 3.76. The fourth-order valence-corrected chi connectivity index (χ4v) is 3.43. The van der Waals surface area contributed by atoms with E-state index in [2.05, 4.69) is 15.3 Å². The second kappa shape index (κ2) is 6.00. The summed E-state index contributed by atoms with van der Waals surface area (Å²) in [6.45, 7) is 4.03. The highest BCUT2D eigenvalue weighted by Gasteiger charge is 2.35. The number of halogens is 3. The highest BCUT2D eigenvalue weighted by molar-refractivity contribution is 7.09. The first-order chi connectivity index (χ1) is 10.4. The van der Waals surface area contributed by atoms with Crippen LogP contribution < -0.4 is 5.32 Å². The van der Waals surface area contributed by atoms with Crippen molar-refractivity contribution in [2.24, 2.45) is 5.92 Å². The average molecular weight is 330 g/mol. The van der Waals surface area contributed by atoms with Crippen LogP contribution in [-0.2, 0) is 25.7 Å². The lowest BCUT2D eigenvalue weighted by Crippen LogP contribution is -2.29. The van der Waals surface area contributed by atoms with Crippen LogP contribution in [0.3, 0.4) is 0 Å². The van der Waals surface area contributed by atoms with Gasteiger partial charge in [0.25, 0.3) is 0 Å². The van der Waals surface area contributed by atoms with Crippen molar-refractivity contribution in [3.05, 3.63) is 33.8 Å². The molecule has 0 spiro atoms. The zero-order chi connectivity index (χ0) is 15.7. The molecule has 1 aliphatic rings. The van der Waals surface area contributed by atoms with Gasteiger partial charge in [-0.15, -0.1) is 11.3 Å². The van der Waals surface area contributed by atoms with Gasteiger partial charge >= 0.3 is 6.18 Å². The van der Waals surface area contributed by atoms with Crippen LogP contribution in [0.25, 0.3) is 0 Å². The van der Waals surface area contributed by atoms with Crippen LogP contribution in [0.4, 0.5) is 13.2 Å². The highest BCUT2D eigenvalue weighted by Crippen LogP contribution is 2.30. The first-order valence-electron chi connectivity index (χ1n) is 7.17. The minimum atomic E-state index is -4.36. The zero-order valence-corrected chi connectivity index (χ0v) is 13.0. The smallest absolute Gasteiger partial charge is 0.334 e. The Kier molecular flexibility index (Phi) is 4.22. The van der Waals surface area contributed by atoms with Crippen molar-refractivity contribution in [3.8, 4) is 0 Å². The number of fused-ring (bicyclic) bond motifs is 1. The Morgan fingerprint density at radius 2 is 2.23 bits per heavy atom. The van der Waals surface area contributed by atoms with E-state index in [-0.39, 0.29) is 0 Å². The van der Waals surface area contributed by atoms with Gasteiger partial charge in [-0.1, -0.05) is 0 Å². The third kappa shape index (κ3) is 3.49. The molecule has 3 rings (SSSR count). The summed E-state index contributed by atoms with van der Waals surface area (Å²) in [4.78, 5) is 8.07. The second-order valence-corrected chi connectivity index (χ2v) is 6.55. The molecule has 0 amide bonds. The van der Waals surface area contributed by atoms with Crippen molar-refractivity contribution in [2.45, 2.75) is 39.0 Å². The predicted octanol–water partition coefficient (Wildman–Crippen LogP) is 3.02. The van der Waals surface area contributed by atoms with Crippen molar-refractivity contribution in [2.75, 3.05) is 6.54 Å². The zero-order valence-electron chi connectivity index (χ0n) is 12.2. The molecule has 2 aromatic rings. The largest absolute Gasteiger partial charge is 0.434 e. The first-order valence-corrected chi connectivity index (χ1v) is 8.05. The van der Waals surface area contributed by atoms with Crippen molar-refractivity contribution in [3.63, 3.8) is 0 Å². The molecule has 22 heavy (non-hydrogen) atoms. The van der Waals surface area contributed by atoms with Crippen LogP contribution in [0.1, 0.15) is 28.6 Å². The predicted molar refractivity (Wildman–Crippen MR) is 77.6 cm³/mol. The molecule has 0 saturated carbocycles. The van der Waals surface area contributed by atoms with E-state index in [4.69, 9.17) is 0 Å². The molecule has 0 aromatic carbocycles. The molecular weight excluding hydrogens is 313 g/mol. The van der Waals surface area contributed by atoms with E-state index in [0.717, 1.165) is 29.9 Å². The molecule has 1 atom stereocenters. The fourth-order valence-electron chi connectivity index (χ4n) is 2.68. The standard InChI is InChI=1S/C14H17F3N4S/c1-9-8-22-13(19-9)5-18-4-10-2-3-12-20-11(14(15,16)17)7-21(12)6-10/h7-8,10,18H,2-6H2,1H3. The molecule has 0 bridgehead atoms. The number of hydrogen-bond acceptors (Lipinski definition) is 4. The van der Waals surface area contributed by atoms with E-state index < -0.39 is 11.9 Å². The molecular formula is C14H17F3N4S. The number of nitrogens with one attached hydrogen (secondary N) is 1. The lowest BCUT2D eigenvalue weighted by Gasteiger charge is -2.23. The summed E-state index contributed by atoms with van der Waals surface area (Å²) < 4.78 is 39.7. The van der Waals surface area contributed by atoms with Crippen molar-refractivity contribution < 1.29 is 13.2 Å². The van der Waals surface area contributed by atoms with Gasteiger partial charge < -0.3 is 9.88 Å². The molecule has 0 radical (unpaired) electrons. The Morgan fingerprint density at radius 1 is 1.41 bits per heavy atom. The minimum absolute atomic E-state index is 0.323. The highest BCUT2D eigenvalue weighted by atomic mass is 32.1. The number of imidazole rings is 1. The Morgan fingerprint density at radius 3 is 2.91 bits per heavy atom. The number of hydrogen-bond donors (Lipinski definition) is 1. The van der Waals surface area contributed by atoms with Gasteiger partial charge in [-0.3, -0.25) is 0 Å². The number of aryl methyl sites for hydroxylation is 2. The van der Waals surface area contributed by atoms with Crippen LogP contribution in [0, 0.1) is 12.8 Å². The van der Waals surface area contributed by atoms with Gasteiger partial charge in [-0.25, -0.2) is 9.97 Å². The van der Waals surface area contributed by atoms with E-state index in [1.807, 2.05) is 12.3 Å². The summed E-state index contributed by atoms with van der Waals surface area (Å²) >= 11 is 1.62. The minimum Gasteiger partial charge on any atom is -0.334 e. The van der Waals surface area contributed by atoms with Gasteiger partial charge in [0.1, 0.15) is 10.8 Å². The maximum Gasteiger partial charge on any atom is 0.434 e. The van der Waals surface area contributed by atoms with E-state index in [0.29, 0.717) is 31.3 Å². The van der Waals surface area contributed by atoms with E-state index in [9.17, 15) is 13.2 Å². The average Bonchev–Trinajstić information content (AvgIpc) is 3.04. The number of aromatic nitrogens is 3. The monoisotopic (exact) mass is 330 g/mol. The van der Waals surface area contributed by atoms with Gasteiger partial charge in [0, 0.05) is 43.3 Å². The molecule has 3 heterocycles. The molecule has 8 heteroatoms. The maximum atomic E-state index is 12.7. The van der Waals surface area contributed by atoms with Crippen LogP contribution in [-0.4, -0.2) is 21.1 Å². The number of nitrogens with zero attached hydrogens (tertiary/aromatic N) is 3. The lowest BCUT2D eigenvalue weighted by molar-refractivity contribution is -0.141. The van der Waals surface area contributed by atoms with Gasteiger partial charge in [0.15, 0.2) is 5.69 Å². The van der Waals surface area contributed by atoms with Gasteiger partial charge in [-0.05, 0) is 19.3 Å². The summed E-state index contributed by atoms with van der Waals surface area (Å²) in [5.41, 5.74) is 0.233. The van der Waals surface area contributed by atoms with Gasteiger partial charge in [0.05, 0.1) is 0 Å². The normalized spacial score (nSPS) is 18.5. The second-order valence-electron chi connectivity index (χ2n) is 5.61. The van der Waals surface area contributed by atoms with Crippen molar-refractivity contribution in [1.82, 2.24) is 19.9 Å². The molecule has 0 aliphatic carbocycles. The summed E-state index contributed by atoms with van der Waals surface area (Å²) in [5.74, 6) is 0.864. The molecule has 0 fully saturated rings. The SMILES string of the molecule is Cc1csc(CNCC2CCc3nc(C(F)(F)F)cn3C2)n1. The van der Waals surface area contributed by atoms with Crippen LogP contribution in [0.5, 0.6) is 0 Å². The fraction of sp³-hybridized carbons (Fsp3) is 0.571. The van der Waals surface area contributed by atoms with E-state index >= 15 is 0 Å². The van der Waals surface area contributed by atoms with Crippen LogP contribution >= 0.6 is 11.3 Å². The number of alkyl halides is 3. The van der Waals surface area contributed by atoms with Crippen molar-refractivity contribution in [1.29, 1.82) is 0 Å². The Bertz CT molecular complexity index is 647. The van der Waals surface area contributed by atoms with Crippen molar-refractivity contribution >= 4 is 11.3 Å². The topological polar surface area (TPSA) is 42.7 Å². The Labute approximate surface area is 130 Å². The molecule has 120 valence electrons. The quantitative estimate of drug-likeness (QED) is 0.937. The summed E-state index contributed by atoms with van der Waals surface area (Å²) in [6.07, 6.45) is -1.77. The van der Waals surface area contributed by atoms with E-state index in [1.54, 1.807) is 15.9 Å². The van der Waals surface area contributed by atoms with Gasteiger partial charge in [0.2, 0.25) is 0 Å². The summed E-state index contributed by atoms with van der Waals surface area (Å²) in [5, 5.41) is 6.39. The molecule has 2 aromatic heterocycles. The molecule has 1 aliphatic heterocycles. The molecule has 4 nitrogen and oxygen atoms in total. The van der Waals surface area contributed by atoms with Gasteiger partial charge in [-0.2, -0.15) is 13.2 Å². The first kappa shape index (κ1) is 15.5. The molecule has 1 unspecified atom stereocenters. The summed E-state index contributed by atoms with van der Waals surface area (Å²) in [6, 6.07) is 0. The number of rotatable bonds is 4. The maximum absolute atomic E-state index is 12.7. The Balaban J connectivity index is 1.54. The molecule has 0 saturated heterocycles. The van der Waals surface area contributed by atoms with Crippen LogP contribution in [0.15, 0.2) is 11.6 Å². The molecule has 1 N–H and O–H groups in total. The summed E-state index contributed by atoms with van der Waals surface area (Å²) in [7, 11) is 0. The lowest BCUT2D eigenvalue weighted by atomic mass is 9.99. The van der Waals surface area contributed by atoms with E-state index in [1.165, 1.54) is 0 Å². The number of thiazole rings is 1. The van der Waals surface area contributed by atoms with Crippen LogP contribution in [0.2, 0.25) is 0 Å².